The summed E-state index contributed by atoms with van der Waals surface area (Å²) in [6.07, 6.45) is 2.67. The maximum atomic E-state index is 13.1. The Hall–Kier alpha value is -1.69. The zero-order chi connectivity index (χ0) is 14.5. The number of hydrogen-bond donors (Lipinski definition) is 1. The van der Waals surface area contributed by atoms with Crippen LogP contribution in [-0.4, -0.2) is 10.7 Å². The average molecular weight is 298 g/mol. The number of pyridine rings is 1. The molecule has 1 N–H and O–H groups in total. The fourth-order valence-electron chi connectivity index (χ4n) is 1.77. The van der Waals surface area contributed by atoms with Gasteiger partial charge < -0.3 is 5.32 Å². The van der Waals surface area contributed by atoms with Crippen LogP contribution in [-0.2, 0) is 0 Å². The summed E-state index contributed by atoms with van der Waals surface area (Å²) in [6, 6.07) is 7.92. The number of rotatable bonds is 5. The van der Waals surface area contributed by atoms with Crippen LogP contribution in [0.15, 0.2) is 47.6 Å². The Bertz CT molecular complexity index is 578. The zero-order valence-electron chi connectivity index (χ0n) is 10.7. The van der Waals surface area contributed by atoms with E-state index in [-0.39, 0.29) is 6.04 Å². The van der Waals surface area contributed by atoms with Crippen LogP contribution in [0.1, 0.15) is 18.5 Å². The number of thioether (sulfide) groups is 1. The molecule has 6 heteroatoms. The first-order valence-electron chi connectivity index (χ1n) is 5.97. The number of nitrogens with zero attached hydrogens (tertiary/aromatic N) is 1. The molecule has 2 nitrogen and oxygen atoms in total. The maximum Gasteiger partial charge on any atom is 0.288 e. The van der Waals surface area contributed by atoms with Crippen LogP contribution in [0.2, 0.25) is 0 Å². The van der Waals surface area contributed by atoms with Gasteiger partial charge in [0.1, 0.15) is 5.82 Å². The number of alkyl halides is 2. The molecule has 2 rings (SSSR count). The van der Waals surface area contributed by atoms with E-state index in [9.17, 15) is 13.2 Å². The minimum atomic E-state index is -2.48. The third-order valence-corrected chi connectivity index (χ3v) is 3.49. The van der Waals surface area contributed by atoms with Gasteiger partial charge in [-0.25, -0.2) is 4.39 Å². The third kappa shape index (κ3) is 3.90. The number of anilines is 1. The highest BCUT2D eigenvalue weighted by Gasteiger charge is 2.12. The second-order valence-corrected chi connectivity index (χ2v) is 5.21. The van der Waals surface area contributed by atoms with Gasteiger partial charge in [0.25, 0.3) is 5.76 Å². The second kappa shape index (κ2) is 6.65. The van der Waals surface area contributed by atoms with Crippen molar-refractivity contribution in [3.05, 3.63) is 54.1 Å². The van der Waals surface area contributed by atoms with Crippen molar-refractivity contribution >= 4 is 17.4 Å². The lowest BCUT2D eigenvalue weighted by molar-refractivity contribution is 0.252. The molecule has 1 unspecified atom stereocenters. The molecule has 1 aromatic heterocycles. The minimum Gasteiger partial charge on any atom is -0.378 e. The predicted molar refractivity (Wildman–Crippen MR) is 74.5 cm³/mol. The fraction of sp³-hybridized carbons (Fsp3) is 0.214. The molecule has 106 valence electrons. The highest BCUT2D eigenvalue weighted by molar-refractivity contribution is 7.99. The van der Waals surface area contributed by atoms with Crippen LogP contribution in [0.3, 0.4) is 0 Å². The molecule has 0 saturated heterocycles. The molecule has 0 aliphatic rings. The normalized spacial score (nSPS) is 12.4. The van der Waals surface area contributed by atoms with E-state index >= 15 is 0 Å². The van der Waals surface area contributed by atoms with Gasteiger partial charge in [0.2, 0.25) is 0 Å². The van der Waals surface area contributed by atoms with Crippen LogP contribution in [0.25, 0.3) is 0 Å². The Morgan fingerprint density at radius 1 is 1.20 bits per heavy atom. The van der Waals surface area contributed by atoms with Crippen molar-refractivity contribution in [2.75, 3.05) is 5.32 Å². The molecule has 0 amide bonds. The van der Waals surface area contributed by atoms with Gasteiger partial charge in [0.15, 0.2) is 0 Å². The van der Waals surface area contributed by atoms with Crippen LogP contribution in [0.5, 0.6) is 0 Å². The Labute approximate surface area is 119 Å². The molecule has 0 aliphatic carbocycles. The molecule has 1 aromatic carbocycles. The van der Waals surface area contributed by atoms with Crippen molar-refractivity contribution in [2.45, 2.75) is 23.6 Å². The number of benzene rings is 1. The second-order valence-electron chi connectivity index (χ2n) is 4.18. The van der Waals surface area contributed by atoms with Gasteiger partial charge in [-0.05, 0) is 30.7 Å². The molecule has 0 radical (unpaired) electrons. The first-order valence-corrected chi connectivity index (χ1v) is 6.85. The Morgan fingerprint density at radius 2 is 1.95 bits per heavy atom. The van der Waals surface area contributed by atoms with Gasteiger partial charge in [-0.2, -0.15) is 8.78 Å². The first kappa shape index (κ1) is 14.7. The molecule has 20 heavy (non-hydrogen) atoms. The van der Waals surface area contributed by atoms with E-state index < -0.39 is 11.6 Å². The van der Waals surface area contributed by atoms with E-state index in [1.54, 1.807) is 30.5 Å². The Morgan fingerprint density at radius 3 is 2.65 bits per heavy atom. The summed E-state index contributed by atoms with van der Waals surface area (Å²) in [5.74, 6) is -2.91. The molecule has 0 fully saturated rings. The van der Waals surface area contributed by atoms with Gasteiger partial charge in [0.05, 0.1) is 12.2 Å². The topological polar surface area (TPSA) is 24.9 Å². The van der Waals surface area contributed by atoms with Crippen LogP contribution in [0, 0.1) is 5.82 Å². The van der Waals surface area contributed by atoms with Gasteiger partial charge in [-0.1, -0.05) is 23.9 Å². The molecule has 0 spiro atoms. The molecule has 0 aliphatic heterocycles. The highest BCUT2D eigenvalue weighted by Crippen LogP contribution is 2.33. The van der Waals surface area contributed by atoms with E-state index in [0.717, 1.165) is 6.20 Å². The summed E-state index contributed by atoms with van der Waals surface area (Å²) in [5, 5.41) is 3.10. The quantitative estimate of drug-likeness (QED) is 0.809. The number of aromatic nitrogens is 1. The van der Waals surface area contributed by atoms with Gasteiger partial charge in [0, 0.05) is 16.8 Å². The lowest BCUT2D eigenvalue weighted by atomic mass is 10.1. The van der Waals surface area contributed by atoms with Crippen molar-refractivity contribution < 1.29 is 13.2 Å². The largest absolute Gasteiger partial charge is 0.378 e. The van der Waals surface area contributed by atoms with E-state index in [1.807, 2.05) is 6.92 Å². The lowest BCUT2D eigenvalue weighted by Gasteiger charge is -2.18. The molecule has 0 bridgehead atoms. The van der Waals surface area contributed by atoms with E-state index in [2.05, 4.69) is 10.3 Å². The van der Waals surface area contributed by atoms with Crippen molar-refractivity contribution in [1.82, 2.24) is 4.98 Å². The number of hydrogen-bond acceptors (Lipinski definition) is 3. The third-order valence-electron chi connectivity index (χ3n) is 2.70. The zero-order valence-corrected chi connectivity index (χ0v) is 11.5. The number of para-hydroxylation sites is 1. The number of halogens is 3. The summed E-state index contributed by atoms with van der Waals surface area (Å²) in [6.45, 7) is 1.82. The fourth-order valence-corrected chi connectivity index (χ4v) is 2.37. The first-order chi connectivity index (χ1) is 9.56. The summed E-state index contributed by atoms with van der Waals surface area (Å²) < 4.78 is 38.1. The van der Waals surface area contributed by atoms with Crippen LogP contribution in [0.4, 0.5) is 18.9 Å². The molecule has 1 atom stereocenters. The Kier molecular flexibility index (Phi) is 4.89. The van der Waals surface area contributed by atoms with Gasteiger partial charge >= 0.3 is 0 Å². The smallest absolute Gasteiger partial charge is 0.288 e. The minimum absolute atomic E-state index is 0.238. The van der Waals surface area contributed by atoms with E-state index in [1.165, 1.54) is 6.07 Å². The number of nitrogens with one attached hydrogen (secondary N) is 1. The van der Waals surface area contributed by atoms with E-state index in [0.29, 0.717) is 27.9 Å². The van der Waals surface area contributed by atoms with Crippen LogP contribution < -0.4 is 5.32 Å². The van der Waals surface area contributed by atoms with Crippen molar-refractivity contribution in [3.8, 4) is 0 Å². The average Bonchev–Trinajstić information content (AvgIpc) is 2.40. The van der Waals surface area contributed by atoms with Gasteiger partial charge in [-0.3, -0.25) is 4.98 Å². The van der Waals surface area contributed by atoms with Gasteiger partial charge in [-0.15, -0.1) is 0 Å². The predicted octanol–water partition coefficient (Wildman–Crippen LogP) is 4.71. The van der Waals surface area contributed by atoms with Crippen LogP contribution >= 0.6 is 11.8 Å². The summed E-state index contributed by atoms with van der Waals surface area (Å²) in [7, 11) is 0. The molecule has 0 saturated carbocycles. The monoisotopic (exact) mass is 298 g/mol. The highest BCUT2D eigenvalue weighted by atomic mass is 32.2. The summed E-state index contributed by atoms with van der Waals surface area (Å²) in [4.78, 5) is 4.23. The molecular weight excluding hydrogens is 285 g/mol. The van der Waals surface area contributed by atoms with E-state index in [4.69, 9.17) is 0 Å². The lowest BCUT2D eigenvalue weighted by Crippen LogP contribution is -2.08. The van der Waals surface area contributed by atoms with Crippen molar-refractivity contribution in [3.63, 3.8) is 0 Å². The van der Waals surface area contributed by atoms with Crippen molar-refractivity contribution in [1.29, 1.82) is 0 Å². The molecular formula is C14H13F3N2S. The summed E-state index contributed by atoms with van der Waals surface area (Å²) in [5.41, 5.74) is 1.25. The standard InChI is InChI=1S/C14H13F3N2S/c1-9(10-6-11(15)8-18-7-10)19-12-4-2-3-5-13(12)20-14(16)17/h2-9,14,19H,1H3. The Balaban J connectivity index is 2.17. The maximum absolute atomic E-state index is 13.1. The molecule has 2 aromatic rings. The summed E-state index contributed by atoms with van der Waals surface area (Å²) >= 11 is 0.480. The SMILES string of the molecule is CC(Nc1ccccc1SC(F)F)c1cncc(F)c1. The van der Waals surface area contributed by atoms with Crippen molar-refractivity contribution in [2.24, 2.45) is 0 Å². The molecule has 1 heterocycles.